The summed E-state index contributed by atoms with van der Waals surface area (Å²) in [5, 5.41) is 10.9. The van der Waals surface area contributed by atoms with Crippen molar-refractivity contribution in [1.29, 1.82) is 0 Å². The number of nitrogens with two attached hydrogens (primary N) is 1. The zero-order valence-electron chi connectivity index (χ0n) is 12.2. The van der Waals surface area contributed by atoms with E-state index in [1.54, 1.807) is 6.92 Å². The molecule has 112 valence electrons. The molecule has 0 bridgehead atoms. The predicted molar refractivity (Wildman–Crippen MR) is 82.2 cm³/mol. The Morgan fingerprint density at radius 1 is 1.43 bits per heavy atom. The molecule has 0 unspecified atom stereocenters. The molecule has 0 aliphatic heterocycles. The number of carbonyl (C=O) groups is 1. The van der Waals surface area contributed by atoms with E-state index in [1.165, 1.54) is 11.8 Å². The maximum Gasteiger partial charge on any atom is 0.277 e. The third-order valence-electron chi connectivity index (χ3n) is 3.02. The highest BCUT2D eigenvalue weighted by molar-refractivity contribution is 7.99. The molecule has 0 aliphatic rings. The van der Waals surface area contributed by atoms with Gasteiger partial charge in [-0.15, -0.1) is 10.2 Å². The van der Waals surface area contributed by atoms with Crippen molar-refractivity contribution in [2.45, 2.75) is 32.0 Å². The van der Waals surface area contributed by atoms with Gasteiger partial charge in [-0.3, -0.25) is 4.79 Å². The molecule has 1 atom stereocenters. The molecule has 6 nitrogen and oxygen atoms in total. The fraction of sp³-hybridized carbons (Fsp3) is 0.357. The van der Waals surface area contributed by atoms with Gasteiger partial charge in [0.2, 0.25) is 11.8 Å². The Morgan fingerprint density at radius 2 is 2.19 bits per heavy atom. The highest BCUT2D eigenvalue weighted by Crippen LogP contribution is 2.21. The Bertz CT molecular complexity index is 640. The zero-order chi connectivity index (χ0) is 15.4. The van der Waals surface area contributed by atoms with Crippen molar-refractivity contribution in [2.24, 2.45) is 5.73 Å². The smallest absolute Gasteiger partial charge is 0.277 e. The van der Waals surface area contributed by atoms with Crippen LogP contribution in [0.15, 0.2) is 27.8 Å². The van der Waals surface area contributed by atoms with Gasteiger partial charge in [0.1, 0.15) is 0 Å². The first-order chi connectivity index (χ1) is 9.97. The maximum atomic E-state index is 11.9. The normalized spacial score (nSPS) is 12.2. The van der Waals surface area contributed by atoms with Crippen LogP contribution in [0.3, 0.4) is 0 Å². The van der Waals surface area contributed by atoms with Crippen LogP contribution in [0.2, 0.25) is 0 Å². The van der Waals surface area contributed by atoms with Crippen molar-refractivity contribution in [2.75, 3.05) is 11.1 Å². The molecule has 1 amide bonds. The minimum atomic E-state index is -0.310. The van der Waals surface area contributed by atoms with Gasteiger partial charge in [-0.2, -0.15) is 0 Å². The standard InChI is InChI=1S/C14H18N4O2S/c1-8-5-4-6-11(9(8)2)16-12(19)7-21-14-18-17-13(20-14)10(3)15/h4-6,10H,7,15H2,1-3H3,(H,16,19)/t10-/m0/s1. The van der Waals surface area contributed by atoms with Crippen molar-refractivity contribution < 1.29 is 9.21 Å². The predicted octanol–water partition coefficient (Wildman–Crippen LogP) is 2.44. The summed E-state index contributed by atoms with van der Waals surface area (Å²) in [6.07, 6.45) is 0. The largest absolute Gasteiger partial charge is 0.414 e. The van der Waals surface area contributed by atoms with Gasteiger partial charge in [0.05, 0.1) is 11.8 Å². The van der Waals surface area contributed by atoms with Crippen LogP contribution in [0.1, 0.15) is 30.0 Å². The van der Waals surface area contributed by atoms with Gasteiger partial charge >= 0.3 is 0 Å². The van der Waals surface area contributed by atoms with Gasteiger partial charge in [0.25, 0.3) is 5.22 Å². The fourth-order valence-corrected chi connectivity index (χ4v) is 2.23. The minimum absolute atomic E-state index is 0.116. The number of carbonyl (C=O) groups excluding carboxylic acids is 1. The van der Waals surface area contributed by atoms with E-state index in [9.17, 15) is 4.79 Å². The van der Waals surface area contributed by atoms with Crippen LogP contribution in [-0.4, -0.2) is 21.9 Å². The monoisotopic (exact) mass is 306 g/mol. The number of hydrogen-bond acceptors (Lipinski definition) is 6. The lowest BCUT2D eigenvalue weighted by molar-refractivity contribution is -0.113. The van der Waals surface area contributed by atoms with Gasteiger partial charge < -0.3 is 15.5 Å². The van der Waals surface area contributed by atoms with Gasteiger partial charge in [-0.1, -0.05) is 23.9 Å². The summed E-state index contributed by atoms with van der Waals surface area (Å²) in [7, 11) is 0. The Morgan fingerprint density at radius 3 is 2.86 bits per heavy atom. The van der Waals surface area contributed by atoms with E-state index < -0.39 is 0 Å². The minimum Gasteiger partial charge on any atom is -0.414 e. The van der Waals surface area contributed by atoms with Crippen molar-refractivity contribution in [3.63, 3.8) is 0 Å². The first kappa shape index (κ1) is 15.5. The average Bonchev–Trinajstić information content (AvgIpc) is 2.91. The van der Waals surface area contributed by atoms with E-state index >= 15 is 0 Å². The number of thioether (sulfide) groups is 1. The van der Waals surface area contributed by atoms with Gasteiger partial charge in [-0.05, 0) is 38.0 Å². The number of amides is 1. The lowest BCUT2D eigenvalue weighted by atomic mass is 10.1. The second-order valence-corrected chi connectivity index (χ2v) is 5.71. The zero-order valence-corrected chi connectivity index (χ0v) is 13.0. The molecule has 21 heavy (non-hydrogen) atoms. The SMILES string of the molecule is Cc1cccc(NC(=O)CSc2nnc([C@H](C)N)o2)c1C. The maximum absolute atomic E-state index is 11.9. The molecular formula is C14H18N4O2S. The molecule has 7 heteroatoms. The second-order valence-electron chi connectivity index (χ2n) is 4.78. The summed E-state index contributed by atoms with van der Waals surface area (Å²) >= 11 is 1.19. The number of benzene rings is 1. The summed E-state index contributed by atoms with van der Waals surface area (Å²) in [5.41, 5.74) is 8.65. The highest BCUT2D eigenvalue weighted by atomic mass is 32.2. The van der Waals surface area contributed by atoms with E-state index in [-0.39, 0.29) is 17.7 Å². The number of rotatable bonds is 5. The molecule has 0 saturated carbocycles. The molecule has 2 rings (SSSR count). The number of anilines is 1. The lowest BCUT2D eigenvalue weighted by Gasteiger charge is -2.09. The van der Waals surface area contributed by atoms with E-state index in [0.717, 1.165) is 16.8 Å². The molecule has 2 aromatic rings. The fourth-order valence-electron chi connectivity index (χ4n) is 1.66. The Balaban J connectivity index is 1.91. The third-order valence-corrected chi connectivity index (χ3v) is 3.84. The van der Waals surface area contributed by atoms with Crippen LogP contribution >= 0.6 is 11.8 Å². The number of aryl methyl sites for hydroxylation is 1. The molecule has 0 saturated heterocycles. The molecule has 1 heterocycles. The second kappa shape index (κ2) is 6.73. The molecule has 3 N–H and O–H groups in total. The van der Waals surface area contributed by atoms with Crippen LogP contribution < -0.4 is 11.1 Å². The topological polar surface area (TPSA) is 94.0 Å². The van der Waals surface area contributed by atoms with Crippen LogP contribution in [0, 0.1) is 13.8 Å². The molecule has 0 aliphatic carbocycles. The van der Waals surface area contributed by atoms with E-state index in [2.05, 4.69) is 15.5 Å². The summed E-state index contributed by atoms with van der Waals surface area (Å²) in [5.74, 6) is 0.454. The van der Waals surface area contributed by atoms with E-state index in [4.69, 9.17) is 10.2 Å². The molecule has 0 spiro atoms. The third kappa shape index (κ3) is 4.05. The van der Waals surface area contributed by atoms with Crippen LogP contribution in [0.4, 0.5) is 5.69 Å². The van der Waals surface area contributed by atoms with Crippen LogP contribution in [-0.2, 0) is 4.79 Å². The van der Waals surface area contributed by atoms with Gasteiger partial charge in [0, 0.05) is 5.69 Å². The molecule has 0 radical (unpaired) electrons. The van der Waals surface area contributed by atoms with Crippen molar-refractivity contribution in [3.05, 3.63) is 35.2 Å². The molecule has 1 aromatic heterocycles. The molecular weight excluding hydrogens is 288 g/mol. The quantitative estimate of drug-likeness (QED) is 0.824. The Kier molecular flexibility index (Phi) is 4.98. The average molecular weight is 306 g/mol. The lowest BCUT2D eigenvalue weighted by Crippen LogP contribution is -2.15. The summed E-state index contributed by atoms with van der Waals surface area (Å²) < 4.78 is 5.32. The van der Waals surface area contributed by atoms with Gasteiger partial charge in [0.15, 0.2) is 0 Å². The number of nitrogens with one attached hydrogen (secondary N) is 1. The molecule has 0 fully saturated rings. The number of hydrogen-bond donors (Lipinski definition) is 2. The highest BCUT2D eigenvalue weighted by Gasteiger charge is 2.12. The first-order valence-corrected chi connectivity index (χ1v) is 7.53. The van der Waals surface area contributed by atoms with E-state index in [0.29, 0.717) is 11.1 Å². The van der Waals surface area contributed by atoms with Crippen molar-refractivity contribution >= 4 is 23.4 Å². The summed E-state index contributed by atoms with van der Waals surface area (Å²) in [4.78, 5) is 11.9. The number of nitrogens with zero attached hydrogens (tertiary/aromatic N) is 2. The van der Waals surface area contributed by atoms with Gasteiger partial charge in [-0.25, -0.2) is 0 Å². The van der Waals surface area contributed by atoms with Crippen molar-refractivity contribution in [1.82, 2.24) is 10.2 Å². The number of aromatic nitrogens is 2. The molecule has 1 aromatic carbocycles. The Hall–Kier alpha value is -1.86. The van der Waals surface area contributed by atoms with Crippen LogP contribution in [0.25, 0.3) is 0 Å². The summed E-state index contributed by atoms with van der Waals surface area (Å²) in [6, 6.07) is 5.49. The van der Waals surface area contributed by atoms with E-state index in [1.807, 2.05) is 32.0 Å². The Labute approximate surface area is 127 Å². The van der Waals surface area contributed by atoms with Crippen LogP contribution in [0.5, 0.6) is 0 Å². The summed E-state index contributed by atoms with van der Waals surface area (Å²) in [6.45, 7) is 5.74. The van der Waals surface area contributed by atoms with Crippen molar-refractivity contribution in [3.8, 4) is 0 Å². The first-order valence-electron chi connectivity index (χ1n) is 6.55.